The highest BCUT2D eigenvalue weighted by Crippen LogP contribution is 2.47. The molecule has 1 amide bonds. The molecule has 1 aromatic rings. The number of likely N-dealkylation sites (tertiary alicyclic amines) is 1. The molecule has 1 N–H and O–H groups in total. The van der Waals surface area contributed by atoms with Crippen molar-refractivity contribution in [3.05, 3.63) is 40.3 Å². The van der Waals surface area contributed by atoms with E-state index in [2.05, 4.69) is 0 Å². The first-order chi connectivity index (χ1) is 13.4. The predicted molar refractivity (Wildman–Crippen MR) is 102 cm³/mol. The van der Waals surface area contributed by atoms with Gasteiger partial charge in [0.05, 0.1) is 6.42 Å². The maximum Gasteiger partial charge on any atom is 0.303 e. The van der Waals surface area contributed by atoms with Gasteiger partial charge in [-0.2, -0.15) is 0 Å². The van der Waals surface area contributed by atoms with Crippen molar-refractivity contribution in [3.63, 3.8) is 0 Å². The second-order valence-corrected chi connectivity index (χ2v) is 8.20. The molecule has 0 bridgehead atoms. The molecule has 0 saturated carbocycles. The van der Waals surface area contributed by atoms with Crippen molar-refractivity contribution < 1.29 is 29.0 Å². The van der Waals surface area contributed by atoms with E-state index in [4.69, 9.17) is 9.84 Å². The maximum atomic E-state index is 12.5. The molecule has 1 aliphatic carbocycles. The van der Waals surface area contributed by atoms with E-state index in [-0.39, 0.29) is 18.7 Å². The molecule has 1 saturated heterocycles. The highest BCUT2D eigenvalue weighted by Gasteiger charge is 2.46. The largest absolute Gasteiger partial charge is 0.484 e. The zero-order valence-electron chi connectivity index (χ0n) is 15.1. The lowest BCUT2D eigenvalue weighted by Gasteiger charge is -2.45. The number of Topliss-reactive ketones (excluding diaryl/α,β-unsaturated/α-hetero) is 2. The van der Waals surface area contributed by atoms with E-state index in [1.165, 1.54) is 11.8 Å². The molecule has 2 heterocycles. The van der Waals surface area contributed by atoms with Crippen LogP contribution in [0.4, 0.5) is 0 Å². The van der Waals surface area contributed by atoms with Gasteiger partial charge in [-0.25, -0.2) is 0 Å². The van der Waals surface area contributed by atoms with E-state index in [1.54, 1.807) is 23.1 Å². The van der Waals surface area contributed by atoms with Crippen LogP contribution in [0.25, 0.3) is 5.76 Å². The molecule has 0 aromatic heterocycles. The Morgan fingerprint density at radius 2 is 1.75 bits per heavy atom. The zero-order chi connectivity index (χ0) is 19.9. The summed E-state index contributed by atoms with van der Waals surface area (Å²) in [5.41, 5.74) is 0.514. The minimum Gasteiger partial charge on any atom is -0.484 e. The molecule has 3 aliphatic rings. The van der Waals surface area contributed by atoms with Gasteiger partial charge in [0.25, 0.3) is 0 Å². The second-order valence-electron chi connectivity index (χ2n) is 7.21. The summed E-state index contributed by atoms with van der Waals surface area (Å²) < 4.78 is 6.34. The van der Waals surface area contributed by atoms with E-state index in [1.807, 2.05) is 6.07 Å². The standard InChI is InChI=1S/C20H19NO6S/c22-14(5-6-15(23)24)21-9-7-20(8-10-21)11-28-19-17(26)16(25)12-3-1-2-4-13(12)18(19)27-20/h1-4H,5-11H2,(H,23,24). The van der Waals surface area contributed by atoms with Crippen LogP contribution in [0.15, 0.2) is 29.2 Å². The molecule has 1 spiro atoms. The van der Waals surface area contributed by atoms with Gasteiger partial charge in [0, 0.05) is 49.2 Å². The molecule has 2 aliphatic heterocycles. The fourth-order valence-electron chi connectivity index (χ4n) is 3.79. The summed E-state index contributed by atoms with van der Waals surface area (Å²) in [6.07, 6.45) is 1.02. The number of aliphatic carboxylic acids is 1. The number of rotatable bonds is 3. The van der Waals surface area contributed by atoms with Gasteiger partial charge in [0.1, 0.15) is 16.3 Å². The Labute approximate surface area is 165 Å². The molecule has 7 nitrogen and oxygen atoms in total. The minimum atomic E-state index is -0.983. The third-order valence-electron chi connectivity index (χ3n) is 5.41. The minimum absolute atomic E-state index is 0.00275. The van der Waals surface area contributed by atoms with E-state index in [0.717, 1.165) is 0 Å². The number of fused-ring (bicyclic) bond motifs is 2. The van der Waals surface area contributed by atoms with E-state index in [9.17, 15) is 19.2 Å². The van der Waals surface area contributed by atoms with Crippen LogP contribution >= 0.6 is 11.8 Å². The van der Waals surface area contributed by atoms with Crippen molar-refractivity contribution >= 4 is 41.0 Å². The van der Waals surface area contributed by atoms with Gasteiger partial charge in [-0.3, -0.25) is 19.2 Å². The maximum absolute atomic E-state index is 12.5. The van der Waals surface area contributed by atoms with Crippen LogP contribution in [0, 0.1) is 0 Å². The topological polar surface area (TPSA) is 101 Å². The second kappa shape index (κ2) is 7.09. The summed E-state index contributed by atoms with van der Waals surface area (Å²) in [4.78, 5) is 49.7. The first-order valence-corrected chi connectivity index (χ1v) is 10.1. The monoisotopic (exact) mass is 401 g/mol. The molecule has 28 heavy (non-hydrogen) atoms. The number of piperidine rings is 1. The van der Waals surface area contributed by atoms with Crippen LogP contribution < -0.4 is 0 Å². The number of hydrogen-bond acceptors (Lipinski definition) is 6. The van der Waals surface area contributed by atoms with Gasteiger partial charge in [-0.1, -0.05) is 24.3 Å². The number of carboxylic acid groups (broad SMARTS) is 1. The summed E-state index contributed by atoms with van der Waals surface area (Å²) >= 11 is 1.35. The first-order valence-electron chi connectivity index (χ1n) is 9.14. The fourth-order valence-corrected chi connectivity index (χ4v) is 5.06. The Kier molecular flexibility index (Phi) is 4.74. The van der Waals surface area contributed by atoms with Crippen molar-refractivity contribution in [3.8, 4) is 0 Å². The van der Waals surface area contributed by atoms with Crippen molar-refractivity contribution in [2.75, 3.05) is 18.8 Å². The van der Waals surface area contributed by atoms with Crippen LogP contribution in [-0.2, 0) is 19.1 Å². The number of ketones is 2. The lowest BCUT2D eigenvalue weighted by atomic mass is 9.90. The Morgan fingerprint density at radius 1 is 1.07 bits per heavy atom. The van der Waals surface area contributed by atoms with Crippen LogP contribution in [0.1, 0.15) is 41.6 Å². The van der Waals surface area contributed by atoms with E-state index in [0.29, 0.717) is 53.5 Å². The lowest BCUT2D eigenvalue weighted by Crippen LogP contribution is -2.51. The summed E-state index contributed by atoms with van der Waals surface area (Å²) in [6, 6.07) is 6.96. The molecule has 1 aromatic carbocycles. The van der Waals surface area contributed by atoms with Crippen molar-refractivity contribution in [2.24, 2.45) is 0 Å². The van der Waals surface area contributed by atoms with Gasteiger partial charge in [-0.15, -0.1) is 11.8 Å². The molecular formula is C20H19NO6S. The van der Waals surface area contributed by atoms with Crippen LogP contribution in [0.2, 0.25) is 0 Å². The van der Waals surface area contributed by atoms with Gasteiger partial charge in [0.15, 0.2) is 0 Å². The zero-order valence-corrected chi connectivity index (χ0v) is 15.9. The number of allylic oxidation sites excluding steroid dienone is 1. The number of benzene rings is 1. The smallest absolute Gasteiger partial charge is 0.303 e. The molecule has 8 heteroatoms. The third-order valence-corrected chi connectivity index (χ3v) is 6.74. The summed E-state index contributed by atoms with van der Waals surface area (Å²) in [5.74, 6) is -1.14. The van der Waals surface area contributed by atoms with Crippen molar-refractivity contribution in [2.45, 2.75) is 31.3 Å². The molecule has 146 valence electrons. The highest BCUT2D eigenvalue weighted by molar-refractivity contribution is 8.04. The normalized spacial score (nSPS) is 20.5. The van der Waals surface area contributed by atoms with Crippen LogP contribution in [-0.4, -0.2) is 57.9 Å². The molecule has 4 rings (SSSR count). The number of ether oxygens (including phenoxy) is 1. The summed E-state index contributed by atoms with van der Waals surface area (Å²) in [5, 5.41) is 8.74. The van der Waals surface area contributed by atoms with Crippen LogP contribution in [0.5, 0.6) is 0 Å². The molecule has 0 atom stereocenters. The number of carbonyl (C=O) groups is 4. The Balaban J connectivity index is 1.51. The Hall–Kier alpha value is -2.61. The molecular weight excluding hydrogens is 382 g/mol. The fraction of sp³-hybridized carbons (Fsp3) is 0.400. The summed E-state index contributed by atoms with van der Waals surface area (Å²) in [7, 11) is 0. The van der Waals surface area contributed by atoms with Gasteiger partial charge in [0.2, 0.25) is 17.5 Å². The highest BCUT2D eigenvalue weighted by atomic mass is 32.2. The number of hydrogen-bond donors (Lipinski definition) is 1. The Bertz CT molecular complexity index is 913. The average Bonchev–Trinajstić information content (AvgIpc) is 2.71. The molecule has 0 radical (unpaired) electrons. The average molecular weight is 401 g/mol. The first kappa shape index (κ1) is 18.7. The van der Waals surface area contributed by atoms with Crippen LogP contribution in [0.3, 0.4) is 0 Å². The quantitative estimate of drug-likeness (QED) is 0.774. The number of amides is 1. The molecule has 0 unspecified atom stereocenters. The summed E-state index contributed by atoms with van der Waals surface area (Å²) in [6.45, 7) is 0.965. The lowest BCUT2D eigenvalue weighted by molar-refractivity contribution is -0.142. The predicted octanol–water partition coefficient (Wildman–Crippen LogP) is 2.11. The Morgan fingerprint density at radius 3 is 2.43 bits per heavy atom. The van der Waals surface area contributed by atoms with Crippen molar-refractivity contribution in [1.82, 2.24) is 4.90 Å². The number of nitrogens with zero attached hydrogens (tertiary/aromatic N) is 1. The van der Waals surface area contributed by atoms with Gasteiger partial charge >= 0.3 is 5.97 Å². The van der Waals surface area contributed by atoms with Gasteiger partial charge in [-0.05, 0) is 0 Å². The number of thioether (sulfide) groups is 1. The molecule has 1 fully saturated rings. The number of carboxylic acids is 1. The van der Waals surface area contributed by atoms with Gasteiger partial charge < -0.3 is 14.7 Å². The van der Waals surface area contributed by atoms with E-state index >= 15 is 0 Å². The number of carbonyl (C=O) groups excluding carboxylic acids is 3. The SMILES string of the molecule is O=C(O)CCC(=O)N1CCC2(CC1)CSC1=C(O2)c2ccccc2C(=O)C1=O. The van der Waals surface area contributed by atoms with Crippen molar-refractivity contribution in [1.29, 1.82) is 0 Å². The third kappa shape index (κ3) is 3.22. The van der Waals surface area contributed by atoms with E-state index < -0.39 is 23.1 Å².